The third-order valence-electron chi connectivity index (χ3n) is 1.39. The Morgan fingerprint density at radius 1 is 1.27 bits per heavy atom. The zero-order valence-corrected chi connectivity index (χ0v) is 9.41. The molecule has 0 bridgehead atoms. The lowest BCUT2D eigenvalue weighted by atomic mass is 10.4. The Morgan fingerprint density at radius 3 is 2.73 bits per heavy atom. The molecule has 0 fully saturated rings. The summed E-state index contributed by atoms with van der Waals surface area (Å²) in [5.41, 5.74) is 0. The molecule has 68 valence electrons. The Kier molecular flexibility index (Phi) is 11.5. The molecule has 0 saturated carbocycles. The fraction of sp³-hybridized carbons (Fsp3) is 1.00. The van der Waals surface area contributed by atoms with Crippen molar-refractivity contribution < 1.29 is 0 Å². The molecule has 1 nitrogen and oxygen atoms in total. The largest absolute Gasteiger partial charge is 0.316 e. The Labute approximate surface area is 77.3 Å². The monoisotopic (exact) mass is 193 g/mol. The first-order chi connectivity index (χ1) is 5.41. The minimum atomic E-state index is 1.14. The Balaban J connectivity index is 2.69. The molecule has 0 rings (SSSR count). The van der Waals surface area contributed by atoms with Crippen molar-refractivity contribution >= 4 is 21.0 Å². The maximum Gasteiger partial charge on any atom is 0.00581 e. The molecule has 0 aliphatic carbocycles. The van der Waals surface area contributed by atoms with Crippen LogP contribution in [0.3, 0.4) is 0 Å². The summed E-state index contributed by atoms with van der Waals surface area (Å²) in [5.74, 6) is 2.60. The molecular formula is C8H20NPS. The van der Waals surface area contributed by atoms with Gasteiger partial charge in [-0.05, 0) is 24.9 Å². The van der Waals surface area contributed by atoms with Gasteiger partial charge in [0.2, 0.25) is 0 Å². The molecule has 0 saturated heterocycles. The van der Waals surface area contributed by atoms with E-state index >= 15 is 0 Å². The van der Waals surface area contributed by atoms with E-state index in [2.05, 4.69) is 33.2 Å². The van der Waals surface area contributed by atoms with Crippen molar-refractivity contribution in [2.75, 3.05) is 30.8 Å². The van der Waals surface area contributed by atoms with Gasteiger partial charge in [-0.25, -0.2) is 0 Å². The Bertz CT molecular complexity index is 63.1. The van der Waals surface area contributed by atoms with Gasteiger partial charge in [0, 0.05) is 12.3 Å². The van der Waals surface area contributed by atoms with Crippen molar-refractivity contribution in [1.82, 2.24) is 5.32 Å². The van der Waals surface area contributed by atoms with Crippen LogP contribution in [-0.2, 0) is 0 Å². The highest BCUT2D eigenvalue weighted by atomic mass is 32.2. The highest BCUT2D eigenvalue weighted by molar-refractivity contribution is 7.99. The second-order valence-electron chi connectivity index (χ2n) is 2.50. The van der Waals surface area contributed by atoms with Crippen molar-refractivity contribution in [3.8, 4) is 0 Å². The standard InChI is InChI=1S/C8H20NPS/c1-2-3-7-11-8-5-9-4-6-10/h9H,2-8,10H2,1H3. The summed E-state index contributed by atoms with van der Waals surface area (Å²) >= 11 is 2.06. The normalized spacial score (nSPS) is 10.4. The van der Waals surface area contributed by atoms with Gasteiger partial charge < -0.3 is 5.32 Å². The summed E-state index contributed by atoms with van der Waals surface area (Å²) in [6.07, 6.45) is 3.86. The van der Waals surface area contributed by atoms with Crippen molar-refractivity contribution in [2.24, 2.45) is 0 Å². The van der Waals surface area contributed by atoms with E-state index in [1.165, 1.54) is 37.1 Å². The van der Waals surface area contributed by atoms with Gasteiger partial charge >= 0.3 is 0 Å². The molecule has 0 aromatic rings. The number of nitrogens with one attached hydrogen (secondary N) is 1. The molecule has 3 heteroatoms. The maximum atomic E-state index is 3.37. The Hall–Kier alpha value is 0.740. The maximum absolute atomic E-state index is 3.37. The molecule has 0 amide bonds. The van der Waals surface area contributed by atoms with Gasteiger partial charge in [0.05, 0.1) is 0 Å². The van der Waals surface area contributed by atoms with Gasteiger partial charge in [-0.15, -0.1) is 9.24 Å². The van der Waals surface area contributed by atoms with Crippen LogP contribution < -0.4 is 5.32 Å². The van der Waals surface area contributed by atoms with Gasteiger partial charge in [0.25, 0.3) is 0 Å². The first-order valence-electron chi connectivity index (χ1n) is 4.40. The fourth-order valence-electron chi connectivity index (χ4n) is 0.720. The highest BCUT2D eigenvalue weighted by Gasteiger charge is 1.87. The van der Waals surface area contributed by atoms with Gasteiger partial charge in [0.1, 0.15) is 0 Å². The average molecular weight is 193 g/mol. The zero-order chi connectivity index (χ0) is 8.36. The zero-order valence-electron chi connectivity index (χ0n) is 7.44. The van der Waals surface area contributed by atoms with E-state index in [1.54, 1.807) is 0 Å². The quantitative estimate of drug-likeness (QED) is 0.467. The summed E-state index contributed by atoms with van der Waals surface area (Å²) in [6.45, 7) is 4.55. The SMILES string of the molecule is CCCCSCCNCCP. The van der Waals surface area contributed by atoms with E-state index < -0.39 is 0 Å². The molecule has 0 spiro atoms. The van der Waals surface area contributed by atoms with E-state index in [4.69, 9.17) is 0 Å². The number of unbranched alkanes of at least 4 members (excludes halogenated alkanes) is 1. The van der Waals surface area contributed by atoms with Gasteiger partial charge in [-0.3, -0.25) is 0 Å². The molecule has 0 heterocycles. The molecule has 0 aliphatic heterocycles. The first-order valence-corrected chi connectivity index (χ1v) is 6.37. The van der Waals surface area contributed by atoms with Crippen LogP contribution in [0.4, 0.5) is 0 Å². The minimum absolute atomic E-state index is 1.14. The predicted octanol–water partition coefficient (Wildman–Crippen LogP) is 1.98. The van der Waals surface area contributed by atoms with Crippen LogP contribution in [0.1, 0.15) is 19.8 Å². The summed E-state index contributed by atoms with van der Waals surface area (Å²) < 4.78 is 0. The lowest BCUT2D eigenvalue weighted by Gasteiger charge is -2.01. The van der Waals surface area contributed by atoms with Crippen LogP contribution in [0.5, 0.6) is 0 Å². The number of hydrogen-bond acceptors (Lipinski definition) is 2. The predicted molar refractivity (Wildman–Crippen MR) is 59.7 cm³/mol. The number of hydrogen-bond donors (Lipinski definition) is 1. The fourth-order valence-corrected chi connectivity index (χ4v) is 1.91. The number of rotatable bonds is 8. The van der Waals surface area contributed by atoms with Gasteiger partial charge in [-0.2, -0.15) is 11.8 Å². The molecular weight excluding hydrogens is 173 g/mol. The molecule has 0 aromatic carbocycles. The van der Waals surface area contributed by atoms with Crippen molar-refractivity contribution in [1.29, 1.82) is 0 Å². The van der Waals surface area contributed by atoms with Crippen LogP contribution in [-0.4, -0.2) is 30.8 Å². The Morgan fingerprint density at radius 2 is 2.09 bits per heavy atom. The summed E-state index contributed by atoms with van der Waals surface area (Å²) in [4.78, 5) is 0. The van der Waals surface area contributed by atoms with Crippen LogP contribution in [0, 0.1) is 0 Å². The third kappa shape index (κ3) is 10.7. The average Bonchev–Trinajstić information content (AvgIpc) is 2.03. The van der Waals surface area contributed by atoms with E-state index in [0.717, 1.165) is 6.54 Å². The highest BCUT2D eigenvalue weighted by Crippen LogP contribution is 2.02. The van der Waals surface area contributed by atoms with Crippen molar-refractivity contribution in [3.05, 3.63) is 0 Å². The number of thioether (sulfide) groups is 1. The molecule has 11 heavy (non-hydrogen) atoms. The van der Waals surface area contributed by atoms with Gasteiger partial charge in [0.15, 0.2) is 0 Å². The van der Waals surface area contributed by atoms with Crippen LogP contribution in [0.15, 0.2) is 0 Å². The molecule has 1 N–H and O–H groups in total. The van der Waals surface area contributed by atoms with Crippen molar-refractivity contribution in [3.63, 3.8) is 0 Å². The summed E-state index contributed by atoms with van der Waals surface area (Å²) in [7, 11) is 2.72. The van der Waals surface area contributed by atoms with Gasteiger partial charge in [-0.1, -0.05) is 13.3 Å². The minimum Gasteiger partial charge on any atom is -0.316 e. The third-order valence-corrected chi connectivity index (χ3v) is 2.75. The van der Waals surface area contributed by atoms with E-state index in [-0.39, 0.29) is 0 Å². The van der Waals surface area contributed by atoms with Crippen LogP contribution >= 0.6 is 21.0 Å². The van der Waals surface area contributed by atoms with E-state index in [1.807, 2.05) is 0 Å². The second kappa shape index (κ2) is 10.7. The molecule has 1 unspecified atom stereocenters. The topological polar surface area (TPSA) is 12.0 Å². The van der Waals surface area contributed by atoms with Crippen molar-refractivity contribution in [2.45, 2.75) is 19.8 Å². The second-order valence-corrected chi connectivity index (χ2v) is 4.31. The molecule has 1 atom stereocenters. The van der Waals surface area contributed by atoms with E-state index in [9.17, 15) is 0 Å². The van der Waals surface area contributed by atoms with Crippen LogP contribution in [0.2, 0.25) is 0 Å². The molecule has 0 aromatic heterocycles. The molecule has 0 radical (unpaired) electrons. The van der Waals surface area contributed by atoms with E-state index in [0.29, 0.717) is 0 Å². The first kappa shape index (κ1) is 11.7. The lowest BCUT2D eigenvalue weighted by Crippen LogP contribution is -2.19. The summed E-state index contributed by atoms with van der Waals surface area (Å²) in [6, 6.07) is 0. The smallest absolute Gasteiger partial charge is 0.00581 e. The van der Waals surface area contributed by atoms with Crippen LogP contribution in [0.25, 0.3) is 0 Å². The summed E-state index contributed by atoms with van der Waals surface area (Å²) in [5, 5.41) is 3.37. The lowest BCUT2D eigenvalue weighted by molar-refractivity contribution is 0.773. The molecule has 0 aliphatic rings.